The summed E-state index contributed by atoms with van der Waals surface area (Å²) < 4.78 is 0. The van der Waals surface area contributed by atoms with Crippen LogP contribution >= 0.6 is 11.8 Å². The molecule has 0 atom stereocenters. The van der Waals surface area contributed by atoms with Gasteiger partial charge in [-0.3, -0.25) is 0 Å². The highest BCUT2D eigenvalue weighted by Gasteiger charge is 2.00. The average Bonchev–Trinajstić information content (AvgIpc) is 2.87. The second kappa shape index (κ2) is 19.8. The van der Waals surface area contributed by atoms with Crippen LogP contribution in [0.5, 0.6) is 11.5 Å². The summed E-state index contributed by atoms with van der Waals surface area (Å²) in [5.74, 6) is 15.7. The second-order valence-electron chi connectivity index (χ2n) is 8.99. The molecule has 0 aliphatic heterocycles. The van der Waals surface area contributed by atoms with Crippen molar-refractivity contribution in [2.24, 2.45) is 0 Å². The van der Waals surface area contributed by atoms with E-state index >= 15 is 0 Å². The molecule has 0 saturated carbocycles. The number of aryl methyl sites for hydroxylation is 2. The fraction of sp³-hybridized carbons (Fsp3) is 0.500. The van der Waals surface area contributed by atoms with Crippen LogP contribution in [-0.2, 0) is 12.8 Å². The lowest BCUT2D eigenvalue weighted by Crippen LogP contribution is -1.87. The summed E-state index contributed by atoms with van der Waals surface area (Å²) >= 11 is 1.81. The fourth-order valence-corrected chi connectivity index (χ4v) is 4.51. The lowest BCUT2D eigenvalue weighted by molar-refractivity contribution is 0.465. The van der Waals surface area contributed by atoms with Crippen molar-refractivity contribution in [3.05, 3.63) is 59.7 Å². The maximum Gasteiger partial charge on any atom is 0.118 e. The summed E-state index contributed by atoms with van der Waals surface area (Å²) in [7, 11) is 0. The van der Waals surface area contributed by atoms with Gasteiger partial charge in [-0.2, -0.15) is 0 Å². The molecule has 0 radical (unpaired) electrons. The van der Waals surface area contributed by atoms with Gasteiger partial charge >= 0.3 is 0 Å². The summed E-state index contributed by atoms with van der Waals surface area (Å²) in [5, 5.41) is 19.5. The highest BCUT2D eigenvalue weighted by atomic mass is 32.2. The lowest BCUT2D eigenvalue weighted by Gasteiger charge is -2.03. The van der Waals surface area contributed by atoms with E-state index in [1.54, 1.807) is 12.1 Å². The van der Waals surface area contributed by atoms with Gasteiger partial charge in [0.1, 0.15) is 11.5 Å². The van der Waals surface area contributed by atoms with Gasteiger partial charge in [0.05, 0.1) is 11.5 Å². The van der Waals surface area contributed by atoms with Gasteiger partial charge in [0.2, 0.25) is 0 Å². The standard InChI is InChI=1S/C32H42O2S/c33-31-25-17-15-23-29(31)21-13-9-5-1-3-7-11-19-27-35-28-20-12-8-4-2-6-10-14-22-30-24-16-18-26-32(30)34/h15-18,23-26,33-34H,1-10,13-14,21-22,27-28H2. The van der Waals surface area contributed by atoms with Gasteiger partial charge in [-0.15, -0.1) is 23.6 Å². The van der Waals surface area contributed by atoms with Crippen molar-refractivity contribution in [1.29, 1.82) is 0 Å². The molecular weight excluding hydrogens is 448 g/mol. The van der Waals surface area contributed by atoms with Crippen LogP contribution in [0.15, 0.2) is 48.5 Å². The molecule has 188 valence electrons. The number of thioether (sulfide) groups is 1. The Kier molecular flexibility index (Phi) is 16.2. The van der Waals surface area contributed by atoms with E-state index in [1.165, 1.54) is 51.4 Å². The minimum absolute atomic E-state index is 0.427. The largest absolute Gasteiger partial charge is 0.508 e. The molecule has 0 saturated heterocycles. The van der Waals surface area contributed by atoms with Crippen LogP contribution in [0.25, 0.3) is 0 Å². The van der Waals surface area contributed by atoms with Crippen molar-refractivity contribution in [1.82, 2.24) is 0 Å². The number of phenolic OH excluding ortho intramolecular Hbond substituents is 2. The summed E-state index contributed by atoms with van der Waals surface area (Å²) in [4.78, 5) is 0. The molecule has 0 spiro atoms. The first-order valence-corrected chi connectivity index (χ1v) is 14.5. The van der Waals surface area contributed by atoms with Gasteiger partial charge in [0.15, 0.2) is 0 Å². The van der Waals surface area contributed by atoms with E-state index in [2.05, 4.69) is 23.7 Å². The molecule has 0 aliphatic carbocycles. The summed E-state index contributed by atoms with van der Waals surface area (Å²) in [5.41, 5.74) is 2.13. The van der Waals surface area contributed by atoms with Gasteiger partial charge in [-0.25, -0.2) is 0 Å². The van der Waals surface area contributed by atoms with Crippen LogP contribution < -0.4 is 0 Å². The zero-order chi connectivity index (χ0) is 24.8. The molecule has 0 fully saturated rings. The number of hydrogen-bond acceptors (Lipinski definition) is 3. The quantitative estimate of drug-likeness (QED) is 0.184. The zero-order valence-corrected chi connectivity index (χ0v) is 22.1. The molecule has 0 amide bonds. The third-order valence-corrected chi connectivity index (χ3v) is 6.77. The van der Waals surface area contributed by atoms with Crippen molar-refractivity contribution < 1.29 is 10.2 Å². The highest BCUT2D eigenvalue weighted by Crippen LogP contribution is 2.19. The molecule has 0 unspecified atom stereocenters. The van der Waals surface area contributed by atoms with Crippen molar-refractivity contribution >= 4 is 11.8 Å². The second-order valence-corrected chi connectivity index (χ2v) is 9.98. The summed E-state index contributed by atoms with van der Waals surface area (Å²) in [6.45, 7) is 0. The molecular formula is C32H42O2S. The van der Waals surface area contributed by atoms with Gasteiger partial charge in [0, 0.05) is 12.8 Å². The van der Waals surface area contributed by atoms with E-state index in [9.17, 15) is 10.2 Å². The Morgan fingerprint density at radius 3 is 1.34 bits per heavy atom. The van der Waals surface area contributed by atoms with Crippen LogP contribution in [0, 0.1) is 23.7 Å². The lowest BCUT2D eigenvalue weighted by atomic mass is 10.0. The van der Waals surface area contributed by atoms with E-state index in [0.29, 0.717) is 11.5 Å². The Morgan fingerprint density at radius 2 is 0.886 bits per heavy atom. The van der Waals surface area contributed by atoms with Crippen molar-refractivity contribution in [3.8, 4) is 35.2 Å². The molecule has 2 rings (SSSR count). The monoisotopic (exact) mass is 490 g/mol. The van der Waals surface area contributed by atoms with Crippen LogP contribution in [-0.4, -0.2) is 21.7 Å². The van der Waals surface area contributed by atoms with Crippen LogP contribution in [0.1, 0.15) is 88.2 Å². The molecule has 0 heterocycles. The van der Waals surface area contributed by atoms with Gasteiger partial charge in [-0.05, 0) is 61.8 Å². The minimum atomic E-state index is 0.427. The van der Waals surface area contributed by atoms with E-state index in [4.69, 9.17) is 0 Å². The third-order valence-electron chi connectivity index (χ3n) is 6.08. The number of para-hydroxylation sites is 2. The van der Waals surface area contributed by atoms with Crippen LogP contribution in [0.4, 0.5) is 0 Å². The summed E-state index contributed by atoms with van der Waals surface area (Å²) in [6, 6.07) is 15.3. The first kappa shape index (κ1) is 28.7. The number of unbranched alkanes of at least 4 members (excludes halogenated alkanes) is 10. The smallest absolute Gasteiger partial charge is 0.118 e. The Bertz CT molecular complexity index is 868. The number of benzene rings is 2. The van der Waals surface area contributed by atoms with Crippen LogP contribution in [0.3, 0.4) is 0 Å². The maximum atomic E-state index is 9.77. The summed E-state index contributed by atoms with van der Waals surface area (Å²) in [6.07, 6.45) is 16.0. The molecule has 3 heteroatoms. The maximum absolute atomic E-state index is 9.77. The number of rotatable bonds is 16. The Morgan fingerprint density at radius 1 is 0.486 bits per heavy atom. The van der Waals surface area contributed by atoms with E-state index in [-0.39, 0.29) is 0 Å². The van der Waals surface area contributed by atoms with Gasteiger partial charge in [0.25, 0.3) is 0 Å². The van der Waals surface area contributed by atoms with Crippen molar-refractivity contribution in [3.63, 3.8) is 0 Å². The zero-order valence-electron chi connectivity index (χ0n) is 21.2. The first-order valence-electron chi connectivity index (χ1n) is 13.3. The SMILES string of the molecule is Oc1ccccc1CCCCCCCC#CCSCC#CCCCCCCCc1ccccc1O. The van der Waals surface area contributed by atoms with Crippen molar-refractivity contribution in [2.75, 3.05) is 11.5 Å². The molecule has 35 heavy (non-hydrogen) atoms. The molecule has 2 N–H and O–H groups in total. The first-order chi connectivity index (χ1) is 17.3. The number of aromatic hydroxyl groups is 2. The van der Waals surface area contributed by atoms with Gasteiger partial charge < -0.3 is 10.2 Å². The molecule has 2 aromatic carbocycles. The van der Waals surface area contributed by atoms with Crippen molar-refractivity contribution in [2.45, 2.75) is 89.9 Å². The highest BCUT2D eigenvalue weighted by molar-refractivity contribution is 7.99. The predicted octanol–water partition coefficient (Wildman–Crippen LogP) is 8.30. The topological polar surface area (TPSA) is 40.5 Å². The third kappa shape index (κ3) is 14.5. The minimum Gasteiger partial charge on any atom is -0.508 e. The Balaban J connectivity index is 1.31. The average molecular weight is 491 g/mol. The molecule has 0 aliphatic rings. The van der Waals surface area contributed by atoms with E-state index < -0.39 is 0 Å². The van der Waals surface area contributed by atoms with E-state index in [1.807, 2.05) is 48.2 Å². The Labute approximate surface area is 217 Å². The number of hydrogen-bond donors (Lipinski definition) is 2. The molecule has 0 bridgehead atoms. The van der Waals surface area contributed by atoms with Gasteiger partial charge in [-0.1, -0.05) is 86.8 Å². The Hall–Kier alpha value is -2.49. The van der Waals surface area contributed by atoms with Crippen LogP contribution in [0.2, 0.25) is 0 Å². The predicted molar refractivity (Wildman–Crippen MR) is 152 cm³/mol. The van der Waals surface area contributed by atoms with E-state index in [0.717, 1.165) is 61.2 Å². The molecule has 0 aromatic heterocycles. The molecule has 2 nitrogen and oxygen atoms in total. The number of phenols is 2. The normalized spacial score (nSPS) is 10.3. The fourth-order valence-electron chi connectivity index (χ4n) is 3.99. The molecule has 2 aromatic rings.